The van der Waals surface area contributed by atoms with Gasteiger partial charge in [-0.3, -0.25) is 4.79 Å². The molecule has 0 aliphatic carbocycles. The second kappa shape index (κ2) is 3.20. The molecule has 0 atom stereocenters. The van der Waals surface area contributed by atoms with Gasteiger partial charge in [0.25, 0.3) is 12.3 Å². The minimum atomic E-state index is -2.62. The number of nitrogens with zero attached hydrogens (tertiary/aromatic N) is 2. The maximum absolute atomic E-state index is 12.4. The van der Waals surface area contributed by atoms with Gasteiger partial charge < -0.3 is 4.42 Å². The molecule has 0 aliphatic heterocycles. The fourth-order valence-electron chi connectivity index (χ4n) is 0.636. The Kier molecular flexibility index (Phi) is 2.40. The van der Waals surface area contributed by atoms with E-state index in [1.54, 1.807) is 0 Å². The molecular weight excluding hydrogens is 182 g/mol. The van der Waals surface area contributed by atoms with Crippen LogP contribution in [0.5, 0.6) is 0 Å². The minimum Gasteiger partial charge on any atom is -0.418 e. The van der Waals surface area contributed by atoms with Crippen molar-refractivity contribution in [2.24, 2.45) is 0 Å². The number of carbonyl (C=O) groups excluding carboxylic acids is 1. The molecule has 13 heavy (non-hydrogen) atoms. The number of carbonyl (C=O) groups is 1. The van der Waals surface area contributed by atoms with E-state index in [9.17, 15) is 13.6 Å². The van der Waals surface area contributed by atoms with Crippen molar-refractivity contribution in [3.8, 4) is 0 Å². The van der Waals surface area contributed by atoms with Gasteiger partial charge in [0, 0.05) is 0 Å². The van der Waals surface area contributed by atoms with Crippen LogP contribution in [0.25, 0.3) is 0 Å². The molecule has 6 heteroatoms. The van der Waals surface area contributed by atoms with Gasteiger partial charge in [0.15, 0.2) is 0 Å². The first-order chi connectivity index (χ1) is 5.98. The quantitative estimate of drug-likeness (QED) is 0.676. The maximum Gasteiger partial charge on any atom is 0.280 e. The molecule has 1 heterocycles. The molecule has 0 fully saturated rings. The standard InChI is InChI=1S/C7H8F2N2O2/c1-7(2,5(8)9)6-11-10-4(3-12)13-6/h3,5H,1-2H3. The summed E-state index contributed by atoms with van der Waals surface area (Å²) in [6, 6.07) is 0. The topological polar surface area (TPSA) is 56.0 Å². The van der Waals surface area contributed by atoms with Gasteiger partial charge in [-0.05, 0) is 13.8 Å². The largest absolute Gasteiger partial charge is 0.418 e. The van der Waals surface area contributed by atoms with E-state index in [2.05, 4.69) is 14.6 Å². The van der Waals surface area contributed by atoms with Crippen LogP contribution in [0, 0.1) is 0 Å². The number of halogens is 2. The highest BCUT2D eigenvalue weighted by Crippen LogP contribution is 2.28. The zero-order valence-electron chi connectivity index (χ0n) is 7.12. The third kappa shape index (κ3) is 1.71. The van der Waals surface area contributed by atoms with E-state index in [1.165, 1.54) is 13.8 Å². The molecule has 1 aromatic rings. The summed E-state index contributed by atoms with van der Waals surface area (Å²) in [5.41, 5.74) is -1.52. The van der Waals surface area contributed by atoms with Crippen LogP contribution in [0.15, 0.2) is 4.42 Å². The lowest BCUT2D eigenvalue weighted by atomic mass is 9.94. The van der Waals surface area contributed by atoms with Crippen molar-refractivity contribution in [1.29, 1.82) is 0 Å². The highest BCUT2D eigenvalue weighted by molar-refractivity contribution is 5.66. The lowest BCUT2D eigenvalue weighted by Crippen LogP contribution is -2.27. The van der Waals surface area contributed by atoms with E-state index < -0.39 is 11.8 Å². The Morgan fingerprint density at radius 2 is 2.08 bits per heavy atom. The number of hydrogen-bond donors (Lipinski definition) is 0. The summed E-state index contributed by atoms with van der Waals surface area (Å²) in [4.78, 5) is 10.1. The fraction of sp³-hybridized carbons (Fsp3) is 0.571. The molecule has 0 radical (unpaired) electrons. The molecule has 0 aliphatic rings. The van der Waals surface area contributed by atoms with Gasteiger partial charge in [0.05, 0.1) is 0 Å². The zero-order chi connectivity index (χ0) is 10.1. The van der Waals surface area contributed by atoms with Crippen molar-refractivity contribution in [3.63, 3.8) is 0 Å². The van der Waals surface area contributed by atoms with Crippen LogP contribution in [-0.2, 0) is 5.41 Å². The van der Waals surface area contributed by atoms with Crippen molar-refractivity contribution in [3.05, 3.63) is 11.8 Å². The van der Waals surface area contributed by atoms with Crippen LogP contribution in [0.1, 0.15) is 30.4 Å². The fourth-order valence-corrected chi connectivity index (χ4v) is 0.636. The molecule has 0 amide bonds. The Hall–Kier alpha value is -1.33. The number of aromatic nitrogens is 2. The summed E-state index contributed by atoms with van der Waals surface area (Å²) >= 11 is 0. The molecule has 1 aromatic heterocycles. The SMILES string of the molecule is CC(C)(c1nnc(C=O)o1)C(F)F. The normalized spacial score (nSPS) is 12.1. The summed E-state index contributed by atoms with van der Waals surface area (Å²) in [5.74, 6) is -0.520. The van der Waals surface area contributed by atoms with E-state index >= 15 is 0 Å². The molecule has 0 saturated heterocycles. The Balaban J connectivity index is 3.00. The van der Waals surface area contributed by atoms with Crippen LogP contribution in [0.4, 0.5) is 8.78 Å². The summed E-state index contributed by atoms with van der Waals surface area (Å²) in [6.45, 7) is 2.53. The molecular formula is C7H8F2N2O2. The van der Waals surface area contributed by atoms with E-state index in [0.717, 1.165) is 0 Å². The zero-order valence-corrected chi connectivity index (χ0v) is 7.12. The van der Waals surface area contributed by atoms with Crippen LogP contribution in [0.3, 0.4) is 0 Å². The van der Waals surface area contributed by atoms with Crippen LogP contribution < -0.4 is 0 Å². The van der Waals surface area contributed by atoms with Crippen molar-refractivity contribution in [1.82, 2.24) is 10.2 Å². The Bertz CT molecular complexity index is 309. The van der Waals surface area contributed by atoms with Crippen LogP contribution in [0.2, 0.25) is 0 Å². The second-order valence-electron chi connectivity index (χ2n) is 3.09. The Labute approximate surface area is 73.0 Å². The number of hydrogen-bond acceptors (Lipinski definition) is 4. The van der Waals surface area contributed by atoms with Gasteiger partial charge in [0.1, 0.15) is 5.41 Å². The Morgan fingerprint density at radius 3 is 2.46 bits per heavy atom. The van der Waals surface area contributed by atoms with Gasteiger partial charge >= 0.3 is 0 Å². The predicted molar refractivity (Wildman–Crippen MR) is 38.7 cm³/mol. The molecule has 0 unspecified atom stereocenters. The maximum atomic E-state index is 12.4. The number of alkyl halides is 2. The molecule has 1 rings (SSSR count). The summed E-state index contributed by atoms with van der Waals surface area (Å²) in [7, 11) is 0. The molecule has 0 saturated carbocycles. The summed E-state index contributed by atoms with van der Waals surface area (Å²) < 4.78 is 29.5. The Morgan fingerprint density at radius 1 is 1.46 bits per heavy atom. The van der Waals surface area contributed by atoms with Gasteiger partial charge in [-0.1, -0.05) is 0 Å². The molecule has 0 aromatic carbocycles. The highest BCUT2D eigenvalue weighted by Gasteiger charge is 2.37. The third-order valence-corrected chi connectivity index (χ3v) is 1.64. The van der Waals surface area contributed by atoms with Gasteiger partial charge in [-0.15, -0.1) is 10.2 Å². The first kappa shape index (κ1) is 9.76. The first-order valence-corrected chi connectivity index (χ1v) is 3.55. The highest BCUT2D eigenvalue weighted by atomic mass is 19.3. The monoisotopic (exact) mass is 190 g/mol. The van der Waals surface area contributed by atoms with Crippen molar-refractivity contribution >= 4 is 6.29 Å². The predicted octanol–water partition coefficient (Wildman–Crippen LogP) is 1.42. The number of aldehydes is 1. The van der Waals surface area contributed by atoms with E-state index in [1.807, 2.05) is 0 Å². The van der Waals surface area contributed by atoms with Crippen LogP contribution >= 0.6 is 0 Å². The number of rotatable bonds is 3. The molecule has 4 nitrogen and oxygen atoms in total. The third-order valence-electron chi connectivity index (χ3n) is 1.64. The molecule has 72 valence electrons. The van der Waals surface area contributed by atoms with E-state index in [4.69, 9.17) is 0 Å². The van der Waals surface area contributed by atoms with Crippen LogP contribution in [-0.4, -0.2) is 22.9 Å². The minimum absolute atomic E-state index is 0.232. The van der Waals surface area contributed by atoms with E-state index in [-0.39, 0.29) is 11.8 Å². The smallest absolute Gasteiger partial charge is 0.280 e. The lowest BCUT2D eigenvalue weighted by Gasteiger charge is -2.17. The van der Waals surface area contributed by atoms with Crippen molar-refractivity contribution in [2.75, 3.05) is 0 Å². The van der Waals surface area contributed by atoms with Gasteiger partial charge in [-0.2, -0.15) is 0 Å². The van der Waals surface area contributed by atoms with E-state index in [0.29, 0.717) is 6.29 Å². The van der Waals surface area contributed by atoms with Gasteiger partial charge in [-0.25, -0.2) is 8.78 Å². The summed E-state index contributed by atoms with van der Waals surface area (Å²) in [5, 5.41) is 6.62. The molecule has 0 bridgehead atoms. The van der Waals surface area contributed by atoms with Gasteiger partial charge in [0.2, 0.25) is 12.2 Å². The first-order valence-electron chi connectivity index (χ1n) is 3.55. The second-order valence-corrected chi connectivity index (χ2v) is 3.09. The molecule has 0 spiro atoms. The average molecular weight is 190 g/mol. The lowest BCUT2D eigenvalue weighted by molar-refractivity contribution is 0.0534. The average Bonchev–Trinajstić information content (AvgIpc) is 2.51. The van der Waals surface area contributed by atoms with Crippen molar-refractivity contribution in [2.45, 2.75) is 25.7 Å². The molecule has 0 N–H and O–H groups in total. The summed E-state index contributed by atoms with van der Waals surface area (Å²) in [6.07, 6.45) is -2.30. The van der Waals surface area contributed by atoms with Crippen molar-refractivity contribution < 1.29 is 18.0 Å².